The van der Waals surface area contributed by atoms with Gasteiger partial charge in [-0.25, -0.2) is 0 Å². The summed E-state index contributed by atoms with van der Waals surface area (Å²) in [7, 11) is 0. The van der Waals surface area contributed by atoms with E-state index >= 15 is 0 Å². The second-order valence-corrected chi connectivity index (χ2v) is 11.4. The van der Waals surface area contributed by atoms with Crippen molar-refractivity contribution >= 4 is 29.4 Å². The van der Waals surface area contributed by atoms with E-state index in [4.69, 9.17) is 0 Å². The largest absolute Gasteiger partial charge is 0.392 e. The summed E-state index contributed by atoms with van der Waals surface area (Å²) in [6, 6.07) is 4.48. The number of nitrogens with one attached hydrogen (secondary N) is 3. The number of rotatable bonds is 11. The zero-order valence-corrected chi connectivity index (χ0v) is 24.3. The highest BCUT2D eigenvalue weighted by Gasteiger charge is 2.43. The first-order valence-electron chi connectivity index (χ1n) is 14.6. The van der Waals surface area contributed by atoms with E-state index in [0.717, 1.165) is 11.1 Å². The molecule has 5 atom stereocenters. The Morgan fingerprint density at radius 1 is 1.02 bits per heavy atom. The van der Waals surface area contributed by atoms with Crippen molar-refractivity contribution in [2.45, 2.75) is 115 Å². The number of aliphatic hydroxyl groups excluding tert-OH is 2. The van der Waals surface area contributed by atoms with Gasteiger partial charge in [0.05, 0.1) is 6.61 Å². The van der Waals surface area contributed by atoms with Gasteiger partial charge in [-0.2, -0.15) is 0 Å². The molecule has 11 heteroatoms. The van der Waals surface area contributed by atoms with Gasteiger partial charge in [0.1, 0.15) is 29.8 Å². The van der Waals surface area contributed by atoms with E-state index < -0.39 is 47.5 Å². The lowest BCUT2D eigenvalue weighted by Gasteiger charge is -2.36. The number of carbonyl (C=O) groups excluding carboxylic acids is 5. The summed E-state index contributed by atoms with van der Waals surface area (Å²) in [6.07, 6.45) is 2.77. The summed E-state index contributed by atoms with van der Waals surface area (Å²) < 4.78 is 0. The summed E-state index contributed by atoms with van der Waals surface area (Å²) >= 11 is 0. The number of benzene rings is 1. The van der Waals surface area contributed by atoms with E-state index in [9.17, 15) is 34.2 Å². The lowest BCUT2D eigenvalue weighted by Crippen LogP contribution is -2.65. The summed E-state index contributed by atoms with van der Waals surface area (Å²) in [4.78, 5) is 67.5. The molecule has 2 aliphatic rings. The molecule has 0 radical (unpaired) electrons. The van der Waals surface area contributed by atoms with Gasteiger partial charge >= 0.3 is 0 Å². The van der Waals surface area contributed by atoms with Gasteiger partial charge in [0.25, 0.3) is 0 Å². The monoisotopic (exact) mass is 572 g/mol. The molecule has 2 fully saturated rings. The lowest BCUT2D eigenvalue weighted by atomic mass is 9.94. The first-order chi connectivity index (χ1) is 19.5. The number of aliphatic hydroxyl groups is 2. The maximum Gasteiger partial charge on any atom is 0.246 e. The second-order valence-electron chi connectivity index (χ2n) is 11.4. The van der Waals surface area contributed by atoms with Crippen LogP contribution in [0.4, 0.5) is 0 Å². The molecule has 5 N–H and O–H groups in total. The van der Waals surface area contributed by atoms with Crippen molar-refractivity contribution in [2.24, 2.45) is 0 Å². The minimum Gasteiger partial charge on any atom is -0.392 e. The summed E-state index contributed by atoms with van der Waals surface area (Å²) in [6.45, 7) is 5.05. The molecule has 2 heterocycles. The summed E-state index contributed by atoms with van der Waals surface area (Å²) in [5, 5.41) is 27.3. The van der Waals surface area contributed by atoms with Crippen LogP contribution in [0.2, 0.25) is 0 Å². The van der Waals surface area contributed by atoms with Crippen molar-refractivity contribution in [3.8, 4) is 0 Å². The maximum absolute atomic E-state index is 13.8. The third kappa shape index (κ3) is 8.36. The highest BCUT2D eigenvalue weighted by molar-refractivity contribution is 5.99. The third-order valence-corrected chi connectivity index (χ3v) is 8.21. The van der Waals surface area contributed by atoms with Crippen molar-refractivity contribution in [1.82, 2.24) is 20.9 Å². The van der Waals surface area contributed by atoms with Crippen LogP contribution in [0.25, 0.3) is 0 Å². The molecule has 4 amide bonds. The number of amides is 4. The Kier molecular flexibility index (Phi) is 11.4. The molecule has 226 valence electrons. The van der Waals surface area contributed by atoms with Crippen LogP contribution in [0, 0.1) is 0 Å². The van der Waals surface area contributed by atoms with Gasteiger partial charge in [0.15, 0.2) is 5.78 Å². The quantitative estimate of drug-likeness (QED) is 0.246. The molecule has 0 aliphatic carbocycles. The van der Waals surface area contributed by atoms with Crippen LogP contribution in [-0.4, -0.2) is 80.8 Å². The molecular weight excluding hydrogens is 528 g/mol. The molecule has 0 unspecified atom stereocenters. The van der Waals surface area contributed by atoms with Gasteiger partial charge in [-0.1, -0.05) is 44.0 Å². The van der Waals surface area contributed by atoms with Crippen molar-refractivity contribution in [1.29, 1.82) is 0 Å². The fourth-order valence-electron chi connectivity index (χ4n) is 5.27. The van der Waals surface area contributed by atoms with Crippen LogP contribution in [0.5, 0.6) is 0 Å². The molecule has 2 aliphatic heterocycles. The highest BCUT2D eigenvalue weighted by atomic mass is 16.3. The number of unbranched alkanes of at least 4 members (excludes halogenated alkanes) is 2. The molecule has 0 bridgehead atoms. The average Bonchev–Trinajstić information content (AvgIpc) is 3.45. The summed E-state index contributed by atoms with van der Waals surface area (Å²) in [5.41, 5.74) is 0.181. The van der Waals surface area contributed by atoms with Gasteiger partial charge in [-0.3, -0.25) is 24.0 Å². The van der Waals surface area contributed by atoms with Crippen LogP contribution >= 0.6 is 0 Å². The van der Waals surface area contributed by atoms with Crippen molar-refractivity contribution in [2.75, 3.05) is 6.54 Å². The number of ketones is 1. The van der Waals surface area contributed by atoms with Crippen LogP contribution in [0.3, 0.4) is 0 Å². The minimum atomic E-state index is -1.33. The van der Waals surface area contributed by atoms with E-state index in [0.29, 0.717) is 45.1 Å². The molecule has 1 aromatic rings. The molecule has 3 rings (SSSR count). The number of hydrogen-bond donors (Lipinski definition) is 5. The smallest absolute Gasteiger partial charge is 0.246 e. The van der Waals surface area contributed by atoms with Gasteiger partial charge in [-0.05, 0) is 57.1 Å². The van der Waals surface area contributed by atoms with Crippen LogP contribution in [-0.2, 0) is 37.0 Å². The third-order valence-electron chi connectivity index (χ3n) is 8.21. The van der Waals surface area contributed by atoms with Crippen LogP contribution < -0.4 is 16.0 Å². The predicted octanol–water partition coefficient (Wildman–Crippen LogP) is 0.881. The zero-order valence-electron chi connectivity index (χ0n) is 24.3. The first-order valence-corrected chi connectivity index (χ1v) is 14.6. The van der Waals surface area contributed by atoms with Gasteiger partial charge in [0, 0.05) is 19.4 Å². The molecule has 2 saturated heterocycles. The predicted molar refractivity (Wildman–Crippen MR) is 151 cm³/mol. The number of Topliss-reactive ketones (excluding diaryl/α,β-unsaturated/α-hetero) is 1. The van der Waals surface area contributed by atoms with Crippen molar-refractivity contribution in [3.05, 3.63) is 35.4 Å². The van der Waals surface area contributed by atoms with E-state index in [2.05, 4.69) is 16.0 Å². The molecule has 0 saturated carbocycles. The van der Waals surface area contributed by atoms with Crippen LogP contribution in [0.15, 0.2) is 24.3 Å². The maximum atomic E-state index is 13.8. The summed E-state index contributed by atoms with van der Waals surface area (Å²) in [5.74, 6) is -1.97. The molecule has 11 nitrogen and oxygen atoms in total. The second kappa shape index (κ2) is 14.5. The first kappa shape index (κ1) is 32.2. The highest BCUT2D eigenvalue weighted by Crippen LogP contribution is 2.22. The zero-order chi connectivity index (χ0) is 30.2. The number of carbonyl (C=O) groups is 5. The molecule has 0 aromatic heterocycles. The number of hydrogen-bond acceptors (Lipinski definition) is 7. The normalized spacial score (nSPS) is 26.3. The fraction of sp³-hybridized carbons (Fsp3) is 0.633. The standard InChI is InChI=1S/C30H44N4O7/c1-4-30(3)29(41)32-23(17-20-12-14-21(18-35)15-13-20)28(40)34-16-8-10-24(34)27(39)31-22(26(38)33-30)9-6-5-7-11-25(37)19(2)36/h12-15,19,22-24,35-36H,4-11,16-18H2,1-3H3,(H,31,39)(H,32,41)(H,33,38)/t19-,22+,23+,24-,30+/m1/s1. The number of nitrogens with zero attached hydrogens (tertiary/aromatic N) is 1. The molecular formula is C30H44N4O7. The lowest BCUT2D eigenvalue weighted by molar-refractivity contribution is -0.144. The van der Waals surface area contributed by atoms with Crippen molar-refractivity contribution < 1.29 is 34.2 Å². The Morgan fingerprint density at radius 3 is 2.34 bits per heavy atom. The van der Waals surface area contributed by atoms with Gasteiger partial charge in [0.2, 0.25) is 23.6 Å². The van der Waals surface area contributed by atoms with E-state index in [-0.39, 0.29) is 37.6 Å². The average molecular weight is 573 g/mol. The Balaban J connectivity index is 1.82. The van der Waals surface area contributed by atoms with E-state index in [1.165, 1.54) is 11.8 Å². The Labute approximate surface area is 241 Å². The van der Waals surface area contributed by atoms with Crippen molar-refractivity contribution in [3.63, 3.8) is 0 Å². The fourth-order valence-corrected chi connectivity index (χ4v) is 5.27. The molecule has 1 aromatic carbocycles. The van der Waals surface area contributed by atoms with E-state index in [1.54, 1.807) is 38.1 Å². The SMILES string of the molecule is CC[C@]1(C)NC(=O)[C@H](CCCCCC(=O)[C@@H](C)O)NC(=O)[C@H]2CCCN2C(=O)[C@H](Cc2ccc(CO)cc2)NC1=O. The topological polar surface area (TPSA) is 165 Å². The van der Waals surface area contributed by atoms with Gasteiger partial charge in [-0.15, -0.1) is 0 Å². The van der Waals surface area contributed by atoms with E-state index in [1.807, 2.05) is 0 Å². The molecule has 41 heavy (non-hydrogen) atoms. The van der Waals surface area contributed by atoms with Gasteiger partial charge < -0.3 is 31.1 Å². The number of fused-ring (bicyclic) bond motifs is 1. The minimum absolute atomic E-state index is 0.109. The Hall–Kier alpha value is -3.31. The van der Waals surface area contributed by atoms with Crippen LogP contribution in [0.1, 0.15) is 83.3 Å². The Bertz CT molecular complexity index is 1110. The Morgan fingerprint density at radius 2 is 1.71 bits per heavy atom. The molecule has 0 spiro atoms.